The Labute approximate surface area is 131 Å². The quantitative estimate of drug-likeness (QED) is 0.876. The van der Waals surface area contributed by atoms with Crippen LogP contribution >= 0.6 is 0 Å². The van der Waals surface area contributed by atoms with Gasteiger partial charge in [0.15, 0.2) is 0 Å². The second-order valence-electron chi connectivity index (χ2n) is 6.45. The minimum absolute atomic E-state index is 0.153. The van der Waals surface area contributed by atoms with Gasteiger partial charge in [-0.15, -0.1) is 0 Å². The third-order valence-corrected chi connectivity index (χ3v) is 5.08. The molecule has 2 saturated heterocycles. The maximum absolute atomic E-state index is 11.6. The van der Waals surface area contributed by atoms with E-state index in [1.54, 1.807) is 12.4 Å². The van der Waals surface area contributed by atoms with Crippen molar-refractivity contribution < 1.29 is 9.90 Å². The molecule has 2 aliphatic rings. The van der Waals surface area contributed by atoms with Gasteiger partial charge < -0.3 is 10.4 Å². The topological polar surface area (TPSA) is 78.4 Å². The number of piperidine rings is 2. The summed E-state index contributed by atoms with van der Waals surface area (Å²) in [6.45, 7) is 4.66. The normalized spacial score (nSPS) is 26.9. The molecule has 0 aromatic carbocycles. The molecule has 0 spiro atoms. The predicted octanol–water partition coefficient (Wildman–Crippen LogP) is 2.22. The highest BCUT2D eigenvalue weighted by molar-refractivity contribution is 5.65. The fraction of sp³-hybridized carbons (Fsp3) is 0.688. The number of hydrogen-bond acceptors (Lipinski definition) is 4. The summed E-state index contributed by atoms with van der Waals surface area (Å²) in [7, 11) is 0. The molecule has 0 bridgehead atoms. The van der Waals surface area contributed by atoms with Crippen molar-refractivity contribution in [2.24, 2.45) is 11.8 Å². The van der Waals surface area contributed by atoms with E-state index in [9.17, 15) is 9.90 Å². The molecule has 6 nitrogen and oxygen atoms in total. The predicted molar refractivity (Wildman–Crippen MR) is 82.6 cm³/mol. The molecule has 1 unspecified atom stereocenters. The Morgan fingerprint density at radius 2 is 2.00 bits per heavy atom. The molecule has 1 amide bonds. The number of aryl methyl sites for hydroxylation is 1. The average molecular weight is 304 g/mol. The number of likely N-dealkylation sites (tertiary alicyclic amines) is 1. The highest BCUT2D eigenvalue weighted by atomic mass is 16.4. The van der Waals surface area contributed by atoms with E-state index in [1.165, 1.54) is 17.7 Å². The zero-order valence-electron chi connectivity index (χ0n) is 13.0. The van der Waals surface area contributed by atoms with Crippen LogP contribution < -0.4 is 5.32 Å². The van der Waals surface area contributed by atoms with Gasteiger partial charge in [-0.25, -0.2) is 4.79 Å². The van der Waals surface area contributed by atoms with Crippen LogP contribution in [-0.2, 0) is 0 Å². The maximum Gasteiger partial charge on any atom is 0.407 e. The summed E-state index contributed by atoms with van der Waals surface area (Å²) in [5.41, 5.74) is 1.64. The van der Waals surface area contributed by atoms with Gasteiger partial charge in [0.05, 0.1) is 23.6 Å². The van der Waals surface area contributed by atoms with Crippen LogP contribution in [0.3, 0.4) is 0 Å². The van der Waals surface area contributed by atoms with Gasteiger partial charge in [-0.2, -0.15) is 0 Å². The van der Waals surface area contributed by atoms with Crippen molar-refractivity contribution in [3.63, 3.8) is 0 Å². The first kappa shape index (κ1) is 15.2. The van der Waals surface area contributed by atoms with Crippen LogP contribution in [0.1, 0.15) is 43.1 Å². The summed E-state index contributed by atoms with van der Waals surface area (Å²) in [6, 6.07) is -0.153. The summed E-state index contributed by atoms with van der Waals surface area (Å²) < 4.78 is 0. The van der Waals surface area contributed by atoms with E-state index in [0.717, 1.165) is 37.3 Å². The van der Waals surface area contributed by atoms with Crippen molar-refractivity contribution in [1.82, 2.24) is 20.2 Å². The monoisotopic (exact) mass is 304 g/mol. The lowest BCUT2D eigenvalue weighted by Crippen LogP contribution is -2.43. The van der Waals surface area contributed by atoms with Gasteiger partial charge in [-0.1, -0.05) is 0 Å². The number of amides is 1. The smallest absolute Gasteiger partial charge is 0.407 e. The summed E-state index contributed by atoms with van der Waals surface area (Å²) in [5, 5.41) is 12.9. The summed E-state index contributed by atoms with van der Waals surface area (Å²) in [5.74, 6) is 1.30. The van der Waals surface area contributed by atoms with Crippen LogP contribution in [0.2, 0.25) is 0 Å². The van der Waals surface area contributed by atoms with Gasteiger partial charge in [-0.05, 0) is 57.5 Å². The summed E-state index contributed by atoms with van der Waals surface area (Å²) in [4.78, 5) is 21.8. The number of rotatable bonds is 2. The van der Waals surface area contributed by atoms with Gasteiger partial charge in [0.1, 0.15) is 0 Å². The molecule has 0 saturated carbocycles. The second-order valence-corrected chi connectivity index (χ2v) is 6.45. The van der Waals surface area contributed by atoms with E-state index in [1.807, 2.05) is 6.92 Å². The largest absolute Gasteiger partial charge is 0.465 e. The van der Waals surface area contributed by atoms with E-state index in [0.29, 0.717) is 18.4 Å². The van der Waals surface area contributed by atoms with E-state index in [2.05, 4.69) is 15.3 Å². The molecule has 2 aliphatic heterocycles. The van der Waals surface area contributed by atoms with E-state index in [-0.39, 0.29) is 6.04 Å². The standard InChI is InChI=1S/C16H24N4O2/c1-11-9-19-14(10-18-11)15-8-13(4-7-20(15)16(21)22)12-2-5-17-6-3-12/h9-10,12-13,15,17H,2-8H2,1H3,(H,21,22)/t13?,15-/m1/s1. The fourth-order valence-electron chi connectivity index (χ4n) is 3.82. The minimum atomic E-state index is -0.851. The number of carboxylic acid groups (broad SMARTS) is 1. The number of nitrogens with zero attached hydrogens (tertiary/aromatic N) is 3. The molecule has 3 heterocycles. The molecule has 2 N–H and O–H groups in total. The lowest BCUT2D eigenvalue weighted by molar-refractivity contribution is 0.0670. The molecule has 6 heteroatoms. The van der Waals surface area contributed by atoms with Crippen LogP contribution in [0.25, 0.3) is 0 Å². The maximum atomic E-state index is 11.6. The first-order chi connectivity index (χ1) is 10.6. The van der Waals surface area contributed by atoms with E-state index in [4.69, 9.17) is 0 Å². The number of aromatic nitrogens is 2. The molecule has 1 aromatic heterocycles. The van der Waals surface area contributed by atoms with Crippen LogP contribution in [0.5, 0.6) is 0 Å². The van der Waals surface area contributed by atoms with Crippen molar-refractivity contribution in [2.45, 2.75) is 38.6 Å². The third kappa shape index (κ3) is 3.21. The lowest BCUT2D eigenvalue weighted by Gasteiger charge is -2.41. The van der Waals surface area contributed by atoms with Crippen molar-refractivity contribution in [3.05, 3.63) is 23.8 Å². The molecule has 2 fully saturated rings. The Bertz CT molecular complexity index is 513. The molecule has 22 heavy (non-hydrogen) atoms. The Hall–Kier alpha value is -1.69. The van der Waals surface area contributed by atoms with E-state index < -0.39 is 6.09 Å². The Balaban J connectivity index is 1.78. The molecule has 3 rings (SSSR count). The Kier molecular flexibility index (Phi) is 4.57. The summed E-state index contributed by atoms with van der Waals surface area (Å²) in [6.07, 6.45) is 6.84. The molecule has 120 valence electrons. The molecule has 0 aliphatic carbocycles. The Morgan fingerprint density at radius 3 is 2.64 bits per heavy atom. The first-order valence-corrected chi connectivity index (χ1v) is 8.14. The van der Waals surface area contributed by atoms with Crippen molar-refractivity contribution in [1.29, 1.82) is 0 Å². The zero-order valence-corrected chi connectivity index (χ0v) is 13.0. The molecule has 2 atom stereocenters. The highest BCUT2D eigenvalue weighted by Crippen LogP contribution is 2.39. The SMILES string of the molecule is Cc1cnc([C@H]2CC(C3CCNCC3)CCN2C(=O)O)cn1. The zero-order chi connectivity index (χ0) is 15.5. The number of hydrogen-bond donors (Lipinski definition) is 2. The second kappa shape index (κ2) is 6.60. The van der Waals surface area contributed by atoms with Crippen LogP contribution in [-0.4, -0.2) is 45.7 Å². The molecular formula is C16H24N4O2. The molecule has 1 aromatic rings. The van der Waals surface area contributed by atoms with Crippen molar-refractivity contribution >= 4 is 6.09 Å². The molecule has 0 radical (unpaired) electrons. The van der Waals surface area contributed by atoms with Gasteiger partial charge in [0.2, 0.25) is 0 Å². The summed E-state index contributed by atoms with van der Waals surface area (Å²) >= 11 is 0. The van der Waals surface area contributed by atoms with Crippen molar-refractivity contribution in [2.75, 3.05) is 19.6 Å². The highest BCUT2D eigenvalue weighted by Gasteiger charge is 2.36. The van der Waals surface area contributed by atoms with Gasteiger partial charge in [0.25, 0.3) is 0 Å². The van der Waals surface area contributed by atoms with Crippen LogP contribution in [0.15, 0.2) is 12.4 Å². The fourth-order valence-corrected chi connectivity index (χ4v) is 3.82. The minimum Gasteiger partial charge on any atom is -0.465 e. The number of carbonyl (C=O) groups is 1. The average Bonchev–Trinajstić information content (AvgIpc) is 2.56. The van der Waals surface area contributed by atoms with E-state index >= 15 is 0 Å². The third-order valence-electron chi connectivity index (χ3n) is 5.08. The van der Waals surface area contributed by atoms with Gasteiger partial charge >= 0.3 is 6.09 Å². The van der Waals surface area contributed by atoms with Gasteiger partial charge in [0, 0.05) is 12.7 Å². The number of nitrogens with one attached hydrogen (secondary N) is 1. The molecular weight excluding hydrogens is 280 g/mol. The lowest BCUT2D eigenvalue weighted by atomic mass is 9.76. The van der Waals surface area contributed by atoms with Crippen molar-refractivity contribution in [3.8, 4) is 0 Å². The van der Waals surface area contributed by atoms with Crippen LogP contribution in [0, 0.1) is 18.8 Å². The van der Waals surface area contributed by atoms with Crippen LogP contribution in [0.4, 0.5) is 4.79 Å². The van der Waals surface area contributed by atoms with Gasteiger partial charge in [-0.3, -0.25) is 14.9 Å². The first-order valence-electron chi connectivity index (χ1n) is 8.14. The Morgan fingerprint density at radius 1 is 1.23 bits per heavy atom.